The maximum Gasteiger partial charge on any atom is 0.143 e. The van der Waals surface area contributed by atoms with E-state index in [0.717, 1.165) is 26.3 Å². The fourth-order valence-corrected chi connectivity index (χ4v) is 1.85. The molecule has 5 heteroatoms. The van der Waals surface area contributed by atoms with E-state index in [0.29, 0.717) is 0 Å². The van der Waals surface area contributed by atoms with Crippen LogP contribution in [0, 0.1) is 0 Å². The predicted octanol–water partition coefficient (Wildman–Crippen LogP) is 3.61. The molecule has 3 nitrogen and oxygen atoms in total. The van der Waals surface area contributed by atoms with Crippen molar-refractivity contribution in [3.63, 3.8) is 0 Å². The minimum atomic E-state index is 0.753. The number of rotatable bonds is 2. The molecule has 0 spiro atoms. The Morgan fingerprint density at radius 2 is 2.00 bits per heavy atom. The van der Waals surface area contributed by atoms with E-state index < -0.39 is 0 Å². The molecule has 78 valence electrons. The van der Waals surface area contributed by atoms with Gasteiger partial charge in [0.1, 0.15) is 20.8 Å². The second-order valence-corrected chi connectivity index (χ2v) is 4.43. The van der Waals surface area contributed by atoms with Crippen molar-refractivity contribution in [1.82, 2.24) is 9.97 Å². The monoisotopic (exact) mass is 330 g/mol. The molecule has 0 aliphatic carbocycles. The van der Waals surface area contributed by atoms with Gasteiger partial charge in [0.2, 0.25) is 0 Å². The van der Waals surface area contributed by atoms with Crippen molar-refractivity contribution in [2.45, 2.75) is 0 Å². The highest BCUT2D eigenvalue weighted by molar-refractivity contribution is 9.13. The van der Waals surface area contributed by atoms with E-state index in [1.54, 1.807) is 7.11 Å². The van der Waals surface area contributed by atoms with Crippen LogP contribution >= 0.6 is 31.9 Å². The number of benzene rings is 1. The van der Waals surface area contributed by atoms with Gasteiger partial charge in [-0.1, -0.05) is 12.1 Å². The number of hydrogen-bond donors (Lipinski definition) is 1. The van der Waals surface area contributed by atoms with Crippen molar-refractivity contribution in [3.8, 4) is 17.1 Å². The van der Waals surface area contributed by atoms with E-state index in [1.807, 2.05) is 24.3 Å². The second kappa shape index (κ2) is 4.37. The average Bonchev–Trinajstić information content (AvgIpc) is 2.59. The number of ether oxygens (including phenoxy) is 1. The summed E-state index contributed by atoms with van der Waals surface area (Å²) in [5, 5.41) is 0. The van der Waals surface area contributed by atoms with Crippen LogP contribution in [0.25, 0.3) is 11.4 Å². The Labute approximate surface area is 104 Å². The van der Waals surface area contributed by atoms with Gasteiger partial charge in [-0.05, 0) is 44.0 Å². The summed E-state index contributed by atoms with van der Waals surface area (Å²) < 4.78 is 6.83. The lowest BCUT2D eigenvalue weighted by molar-refractivity contribution is 0.416. The highest BCUT2D eigenvalue weighted by atomic mass is 79.9. The quantitative estimate of drug-likeness (QED) is 0.912. The molecule has 0 saturated carbocycles. The number of imidazole rings is 1. The van der Waals surface area contributed by atoms with Crippen LogP contribution in [0.4, 0.5) is 0 Å². The number of aromatic nitrogens is 2. The molecule has 0 aliphatic rings. The maximum absolute atomic E-state index is 5.26. The molecule has 0 radical (unpaired) electrons. The van der Waals surface area contributed by atoms with Crippen LogP contribution in [0.3, 0.4) is 0 Å². The van der Waals surface area contributed by atoms with Crippen molar-refractivity contribution in [1.29, 1.82) is 0 Å². The van der Waals surface area contributed by atoms with E-state index in [9.17, 15) is 0 Å². The molecule has 2 rings (SSSR count). The Hall–Kier alpha value is -0.810. The number of nitrogens with one attached hydrogen (secondary N) is 1. The number of halogens is 2. The molecular weight excluding hydrogens is 324 g/mol. The van der Waals surface area contributed by atoms with E-state index in [1.165, 1.54) is 0 Å². The molecule has 0 saturated heterocycles. The zero-order valence-corrected chi connectivity index (χ0v) is 11.1. The lowest BCUT2D eigenvalue weighted by atomic mass is 10.2. The van der Waals surface area contributed by atoms with Gasteiger partial charge in [0.15, 0.2) is 0 Å². The number of methoxy groups -OCH3 is 1. The van der Waals surface area contributed by atoms with Crippen LogP contribution in [-0.4, -0.2) is 17.1 Å². The molecule has 1 N–H and O–H groups in total. The third kappa shape index (κ3) is 2.08. The maximum atomic E-state index is 5.26. The number of aromatic amines is 1. The number of hydrogen-bond acceptors (Lipinski definition) is 2. The Balaban J connectivity index is 2.53. The summed E-state index contributed by atoms with van der Waals surface area (Å²) in [6.07, 6.45) is 0. The summed E-state index contributed by atoms with van der Waals surface area (Å²) in [6.45, 7) is 0. The van der Waals surface area contributed by atoms with Gasteiger partial charge in [0.25, 0.3) is 0 Å². The molecule has 0 unspecified atom stereocenters. The first-order valence-corrected chi connectivity index (χ1v) is 5.85. The molecule has 1 aromatic heterocycles. The van der Waals surface area contributed by atoms with Crippen molar-refractivity contribution in [3.05, 3.63) is 33.5 Å². The third-order valence-electron chi connectivity index (χ3n) is 1.98. The zero-order valence-electron chi connectivity index (χ0n) is 7.92. The minimum absolute atomic E-state index is 0.753. The minimum Gasteiger partial charge on any atom is -0.496 e. The van der Waals surface area contributed by atoms with E-state index in [-0.39, 0.29) is 0 Å². The van der Waals surface area contributed by atoms with Crippen LogP contribution in [-0.2, 0) is 0 Å². The van der Waals surface area contributed by atoms with E-state index in [2.05, 4.69) is 41.8 Å². The van der Waals surface area contributed by atoms with Crippen LogP contribution < -0.4 is 4.74 Å². The second-order valence-electron chi connectivity index (χ2n) is 2.89. The number of H-pyrrole nitrogens is 1. The Kier molecular flexibility index (Phi) is 3.11. The highest BCUT2D eigenvalue weighted by Crippen LogP contribution is 2.30. The number of para-hydroxylation sites is 1. The molecule has 0 atom stereocenters. The Morgan fingerprint density at radius 1 is 1.27 bits per heavy atom. The molecule has 1 aromatic carbocycles. The Morgan fingerprint density at radius 3 is 2.60 bits per heavy atom. The van der Waals surface area contributed by atoms with Crippen molar-refractivity contribution < 1.29 is 4.74 Å². The molecule has 2 aromatic rings. The van der Waals surface area contributed by atoms with Gasteiger partial charge in [0.05, 0.1) is 12.7 Å². The van der Waals surface area contributed by atoms with Crippen molar-refractivity contribution >= 4 is 31.9 Å². The van der Waals surface area contributed by atoms with Crippen LogP contribution in [0.15, 0.2) is 33.5 Å². The summed E-state index contributed by atoms with van der Waals surface area (Å²) in [4.78, 5) is 7.44. The first-order valence-electron chi connectivity index (χ1n) is 4.26. The van der Waals surface area contributed by atoms with Gasteiger partial charge in [-0.3, -0.25) is 0 Å². The largest absolute Gasteiger partial charge is 0.496 e. The van der Waals surface area contributed by atoms with Gasteiger partial charge in [-0.25, -0.2) is 4.98 Å². The highest BCUT2D eigenvalue weighted by Gasteiger charge is 2.10. The summed E-state index contributed by atoms with van der Waals surface area (Å²) in [6, 6.07) is 7.73. The molecular formula is C10H8Br2N2O. The van der Waals surface area contributed by atoms with E-state index in [4.69, 9.17) is 4.74 Å². The fourth-order valence-electron chi connectivity index (χ4n) is 1.30. The summed E-state index contributed by atoms with van der Waals surface area (Å²) in [7, 11) is 1.64. The van der Waals surface area contributed by atoms with Gasteiger partial charge in [-0.2, -0.15) is 0 Å². The van der Waals surface area contributed by atoms with Gasteiger partial charge >= 0.3 is 0 Å². The van der Waals surface area contributed by atoms with Crippen LogP contribution in [0.2, 0.25) is 0 Å². The van der Waals surface area contributed by atoms with Gasteiger partial charge < -0.3 is 9.72 Å². The Bertz CT molecular complexity index is 463. The van der Waals surface area contributed by atoms with E-state index >= 15 is 0 Å². The third-order valence-corrected chi connectivity index (χ3v) is 3.66. The first kappa shape index (κ1) is 10.7. The normalized spacial score (nSPS) is 10.3. The predicted molar refractivity (Wildman–Crippen MR) is 66.0 cm³/mol. The summed E-state index contributed by atoms with van der Waals surface area (Å²) in [5.41, 5.74) is 0.936. The SMILES string of the molecule is COc1ccccc1-c1nc(Br)c(Br)[nH]1. The van der Waals surface area contributed by atoms with Crippen molar-refractivity contribution in [2.24, 2.45) is 0 Å². The molecule has 15 heavy (non-hydrogen) atoms. The number of nitrogens with zero attached hydrogens (tertiary/aromatic N) is 1. The molecule has 1 heterocycles. The average molecular weight is 332 g/mol. The molecule has 0 amide bonds. The summed E-state index contributed by atoms with van der Waals surface area (Å²) >= 11 is 6.68. The summed E-state index contributed by atoms with van der Waals surface area (Å²) in [5.74, 6) is 1.57. The standard InChI is InChI=1S/C10H8Br2N2O/c1-15-7-5-3-2-4-6(7)10-13-8(11)9(12)14-10/h2-5H,1H3,(H,13,14). The fraction of sp³-hybridized carbons (Fsp3) is 0.100. The lowest BCUT2D eigenvalue weighted by Gasteiger charge is -2.04. The van der Waals surface area contributed by atoms with Crippen LogP contribution in [0.5, 0.6) is 5.75 Å². The van der Waals surface area contributed by atoms with Crippen molar-refractivity contribution in [2.75, 3.05) is 7.11 Å². The zero-order chi connectivity index (χ0) is 10.8. The van der Waals surface area contributed by atoms with Gasteiger partial charge in [0, 0.05) is 0 Å². The topological polar surface area (TPSA) is 37.9 Å². The van der Waals surface area contributed by atoms with Crippen LogP contribution in [0.1, 0.15) is 0 Å². The lowest BCUT2D eigenvalue weighted by Crippen LogP contribution is -1.88. The molecule has 0 bridgehead atoms. The molecule has 0 fully saturated rings. The smallest absolute Gasteiger partial charge is 0.143 e. The van der Waals surface area contributed by atoms with Gasteiger partial charge in [-0.15, -0.1) is 0 Å². The molecule has 0 aliphatic heterocycles. The first-order chi connectivity index (χ1) is 7.22.